The number of benzene rings is 2. The number of ether oxygens (including phenoxy) is 2. The first-order valence-electron chi connectivity index (χ1n) is 7.57. The van der Waals surface area contributed by atoms with E-state index in [0.717, 1.165) is 18.4 Å². The van der Waals surface area contributed by atoms with E-state index < -0.39 is 0 Å². The van der Waals surface area contributed by atoms with Crippen molar-refractivity contribution in [3.63, 3.8) is 0 Å². The number of halogens is 2. The molecule has 1 heterocycles. The summed E-state index contributed by atoms with van der Waals surface area (Å²) in [6, 6.07) is 8.18. The average molecular weight is 394 g/mol. The summed E-state index contributed by atoms with van der Waals surface area (Å²) in [5.74, 6) is 0.327. The number of hydrogen-bond acceptors (Lipinski definition) is 3. The quantitative estimate of drug-likeness (QED) is 0.784. The Morgan fingerprint density at radius 1 is 1.21 bits per heavy atom. The van der Waals surface area contributed by atoms with E-state index >= 15 is 0 Å². The first-order valence-corrected chi connectivity index (χ1v) is 8.37. The van der Waals surface area contributed by atoms with Crippen LogP contribution < -0.4 is 14.4 Å². The topological polar surface area (TPSA) is 38.8 Å². The maximum absolute atomic E-state index is 14.3. The van der Waals surface area contributed by atoms with Crippen molar-refractivity contribution < 1.29 is 18.7 Å². The number of rotatable bonds is 3. The fourth-order valence-corrected chi connectivity index (χ4v) is 3.51. The summed E-state index contributed by atoms with van der Waals surface area (Å²) in [6.45, 7) is 0.480. The predicted octanol–water partition coefficient (Wildman–Crippen LogP) is 4.20. The molecule has 0 unspecified atom stereocenters. The zero-order valence-electron chi connectivity index (χ0n) is 13.4. The molecule has 1 aliphatic rings. The SMILES string of the molecule is COc1cc(C(=O)N2CCCc3cccc(F)c32)cc(OC)c1Br. The van der Waals surface area contributed by atoms with Gasteiger partial charge < -0.3 is 14.4 Å². The monoisotopic (exact) mass is 393 g/mol. The summed E-state index contributed by atoms with van der Waals surface area (Å²) >= 11 is 3.38. The summed E-state index contributed by atoms with van der Waals surface area (Å²) in [4.78, 5) is 14.5. The highest BCUT2D eigenvalue weighted by molar-refractivity contribution is 9.10. The van der Waals surface area contributed by atoms with Crippen LogP contribution in [0.5, 0.6) is 11.5 Å². The minimum absolute atomic E-state index is 0.273. The standard InChI is InChI=1S/C18H17BrFNO3/c1-23-14-9-12(10-15(24-2)16(14)19)18(22)21-8-4-6-11-5-3-7-13(20)17(11)21/h3,5,7,9-10H,4,6,8H2,1-2H3. The van der Waals surface area contributed by atoms with Crippen LogP contribution >= 0.6 is 15.9 Å². The molecule has 126 valence electrons. The predicted molar refractivity (Wildman–Crippen MR) is 93.6 cm³/mol. The van der Waals surface area contributed by atoms with E-state index in [4.69, 9.17) is 9.47 Å². The lowest BCUT2D eigenvalue weighted by molar-refractivity contribution is 0.0983. The van der Waals surface area contributed by atoms with Crippen molar-refractivity contribution in [1.82, 2.24) is 0 Å². The van der Waals surface area contributed by atoms with Crippen molar-refractivity contribution in [3.05, 3.63) is 51.7 Å². The van der Waals surface area contributed by atoms with Crippen molar-refractivity contribution in [3.8, 4) is 11.5 Å². The Hall–Kier alpha value is -2.08. The van der Waals surface area contributed by atoms with Crippen molar-refractivity contribution in [2.24, 2.45) is 0 Å². The van der Waals surface area contributed by atoms with Crippen molar-refractivity contribution in [1.29, 1.82) is 0 Å². The molecule has 24 heavy (non-hydrogen) atoms. The Labute approximate surface area is 148 Å². The van der Waals surface area contributed by atoms with Crippen LogP contribution in [0.4, 0.5) is 10.1 Å². The highest BCUT2D eigenvalue weighted by Gasteiger charge is 2.27. The van der Waals surface area contributed by atoms with Gasteiger partial charge >= 0.3 is 0 Å². The number of carbonyl (C=O) groups excluding carboxylic acids is 1. The first kappa shape index (κ1) is 16.8. The van der Waals surface area contributed by atoms with Crippen molar-refractivity contribution in [2.45, 2.75) is 12.8 Å². The molecule has 0 radical (unpaired) electrons. The summed E-state index contributed by atoms with van der Waals surface area (Å²) in [5, 5.41) is 0. The van der Waals surface area contributed by atoms with E-state index in [-0.39, 0.29) is 11.7 Å². The van der Waals surface area contributed by atoms with Gasteiger partial charge in [-0.1, -0.05) is 12.1 Å². The normalized spacial score (nSPS) is 13.4. The van der Waals surface area contributed by atoms with Gasteiger partial charge in [-0.05, 0) is 52.5 Å². The maximum Gasteiger partial charge on any atom is 0.258 e. The second-order valence-electron chi connectivity index (χ2n) is 5.50. The molecule has 0 bridgehead atoms. The molecule has 0 spiro atoms. The number of methoxy groups -OCH3 is 2. The number of para-hydroxylation sites is 1. The molecular formula is C18H17BrFNO3. The molecular weight excluding hydrogens is 377 g/mol. The van der Waals surface area contributed by atoms with Crippen LogP contribution in [0.3, 0.4) is 0 Å². The molecule has 2 aromatic carbocycles. The molecule has 0 aromatic heterocycles. The largest absolute Gasteiger partial charge is 0.495 e. The molecule has 1 aliphatic heterocycles. The molecule has 0 aliphatic carbocycles. The lowest BCUT2D eigenvalue weighted by atomic mass is 10.00. The van der Waals surface area contributed by atoms with Crippen LogP contribution in [-0.2, 0) is 6.42 Å². The van der Waals surface area contributed by atoms with Crippen LogP contribution in [-0.4, -0.2) is 26.7 Å². The zero-order valence-corrected chi connectivity index (χ0v) is 15.0. The fourth-order valence-electron chi connectivity index (χ4n) is 2.96. The Morgan fingerprint density at radius 2 is 1.88 bits per heavy atom. The Morgan fingerprint density at radius 3 is 2.50 bits per heavy atom. The van der Waals surface area contributed by atoms with E-state index in [9.17, 15) is 9.18 Å². The van der Waals surface area contributed by atoms with E-state index in [1.54, 1.807) is 18.2 Å². The lowest BCUT2D eigenvalue weighted by Gasteiger charge is -2.30. The van der Waals surface area contributed by atoms with Crippen LogP contribution in [0.1, 0.15) is 22.3 Å². The second-order valence-corrected chi connectivity index (χ2v) is 6.30. The summed E-state index contributed by atoms with van der Waals surface area (Å²) < 4.78 is 25.5. The number of nitrogens with zero attached hydrogens (tertiary/aromatic N) is 1. The number of anilines is 1. The van der Waals surface area contributed by atoms with Crippen LogP contribution in [0.2, 0.25) is 0 Å². The number of amides is 1. The lowest BCUT2D eigenvalue weighted by Crippen LogP contribution is -2.36. The van der Waals surface area contributed by atoms with Crippen LogP contribution in [0, 0.1) is 5.82 Å². The smallest absolute Gasteiger partial charge is 0.258 e. The van der Waals surface area contributed by atoms with E-state index in [0.29, 0.717) is 33.8 Å². The van der Waals surface area contributed by atoms with Crippen molar-refractivity contribution >= 4 is 27.5 Å². The summed E-state index contributed by atoms with van der Waals surface area (Å²) in [7, 11) is 3.04. The number of aryl methyl sites for hydroxylation is 1. The summed E-state index contributed by atoms with van der Waals surface area (Å²) in [5.41, 5.74) is 1.61. The Balaban J connectivity index is 2.06. The molecule has 3 rings (SSSR count). The van der Waals surface area contributed by atoms with Gasteiger partial charge in [-0.3, -0.25) is 4.79 Å². The van der Waals surface area contributed by atoms with E-state index in [2.05, 4.69) is 15.9 Å². The van der Waals surface area contributed by atoms with Gasteiger partial charge in [0.25, 0.3) is 5.91 Å². The molecule has 0 saturated heterocycles. The third-order valence-electron chi connectivity index (χ3n) is 4.11. The van der Waals surface area contributed by atoms with Gasteiger partial charge in [0, 0.05) is 12.1 Å². The van der Waals surface area contributed by atoms with Crippen molar-refractivity contribution in [2.75, 3.05) is 25.7 Å². The van der Waals surface area contributed by atoms with Gasteiger partial charge in [-0.15, -0.1) is 0 Å². The third kappa shape index (κ3) is 2.86. The van der Waals surface area contributed by atoms with Gasteiger partial charge in [0.2, 0.25) is 0 Å². The summed E-state index contributed by atoms with van der Waals surface area (Å²) in [6.07, 6.45) is 1.57. The number of fused-ring (bicyclic) bond motifs is 1. The first-order chi connectivity index (χ1) is 11.6. The third-order valence-corrected chi connectivity index (χ3v) is 4.89. The number of carbonyl (C=O) groups is 1. The molecule has 0 fully saturated rings. The highest BCUT2D eigenvalue weighted by Crippen LogP contribution is 2.37. The van der Waals surface area contributed by atoms with Gasteiger partial charge in [0.05, 0.1) is 19.9 Å². The fraction of sp³-hybridized carbons (Fsp3) is 0.278. The minimum Gasteiger partial charge on any atom is -0.495 e. The molecule has 0 saturated carbocycles. The molecule has 0 N–H and O–H groups in total. The van der Waals surface area contributed by atoms with Crippen LogP contribution in [0.15, 0.2) is 34.8 Å². The Bertz CT molecular complexity index is 769. The van der Waals surface area contributed by atoms with Gasteiger partial charge in [0.1, 0.15) is 21.8 Å². The molecule has 2 aromatic rings. The molecule has 1 amide bonds. The van der Waals surface area contributed by atoms with E-state index in [1.165, 1.54) is 25.2 Å². The minimum atomic E-state index is -0.378. The average Bonchev–Trinajstić information content (AvgIpc) is 2.61. The second kappa shape index (κ2) is 6.81. The van der Waals surface area contributed by atoms with E-state index in [1.807, 2.05) is 6.07 Å². The molecule has 6 heteroatoms. The maximum atomic E-state index is 14.3. The van der Waals surface area contributed by atoms with Gasteiger partial charge in [-0.25, -0.2) is 4.39 Å². The number of hydrogen-bond donors (Lipinski definition) is 0. The molecule has 0 atom stereocenters. The zero-order chi connectivity index (χ0) is 17.3. The Kier molecular flexibility index (Phi) is 4.76. The molecule has 4 nitrogen and oxygen atoms in total. The highest BCUT2D eigenvalue weighted by atomic mass is 79.9. The van der Waals surface area contributed by atoms with Crippen LogP contribution in [0.25, 0.3) is 0 Å². The van der Waals surface area contributed by atoms with Gasteiger partial charge in [-0.2, -0.15) is 0 Å². The van der Waals surface area contributed by atoms with Gasteiger partial charge in [0.15, 0.2) is 0 Å².